The number of amides is 3. The second kappa shape index (κ2) is 5.31. The molecular weight excluding hydrogens is 319 g/mol. The molecule has 1 saturated heterocycles. The van der Waals surface area contributed by atoms with E-state index in [4.69, 9.17) is 0 Å². The van der Waals surface area contributed by atoms with E-state index in [0.717, 1.165) is 0 Å². The Morgan fingerprint density at radius 2 is 1.30 bits per heavy atom. The van der Waals surface area contributed by atoms with Crippen molar-refractivity contribution in [1.82, 2.24) is 9.99 Å². The van der Waals surface area contributed by atoms with Gasteiger partial charge < -0.3 is 15.1 Å². The molecule has 0 unspecified atom stereocenters. The third kappa shape index (κ3) is 2.35. The molecule has 1 fully saturated rings. The topological polar surface area (TPSA) is 107 Å². The molecule has 3 amide bonds. The van der Waals surface area contributed by atoms with Gasteiger partial charge in [-0.05, 0) is 11.1 Å². The summed E-state index contributed by atoms with van der Waals surface area (Å²) in [6.45, 7) is 0. The molecule has 0 bridgehead atoms. The molecule has 0 aliphatic carbocycles. The van der Waals surface area contributed by atoms with E-state index in [1.54, 1.807) is 60.7 Å². The summed E-state index contributed by atoms with van der Waals surface area (Å²) in [7, 11) is -5.07. The molecule has 1 aliphatic heterocycles. The van der Waals surface area contributed by atoms with Crippen LogP contribution >= 0.6 is 7.75 Å². The van der Waals surface area contributed by atoms with Gasteiger partial charge in [0.15, 0.2) is 5.54 Å². The zero-order valence-electron chi connectivity index (χ0n) is 11.8. The van der Waals surface area contributed by atoms with Gasteiger partial charge in [0.25, 0.3) is 5.91 Å². The number of carbonyl (C=O) groups is 2. The Morgan fingerprint density at radius 1 is 0.870 bits per heavy atom. The lowest BCUT2D eigenvalue weighted by Gasteiger charge is -2.27. The molecule has 1 aliphatic rings. The summed E-state index contributed by atoms with van der Waals surface area (Å²) in [5.74, 6) is -1.01. The first kappa shape index (κ1) is 15.4. The molecule has 8 heteroatoms. The molecule has 1 heterocycles. The Morgan fingerprint density at radius 3 is 1.65 bits per heavy atom. The third-order valence-electron chi connectivity index (χ3n) is 3.67. The summed E-state index contributed by atoms with van der Waals surface area (Å²) in [5.41, 5.74) is -0.832. The molecule has 0 saturated carbocycles. The summed E-state index contributed by atoms with van der Waals surface area (Å²) in [5, 5.41) is 2.45. The van der Waals surface area contributed by atoms with Gasteiger partial charge in [-0.1, -0.05) is 60.7 Å². The quantitative estimate of drug-likeness (QED) is 0.584. The molecule has 0 aromatic heterocycles. The van der Waals surface area contributed by atoms with E-state index in [-0.39, 0.29) is 4.67 Å². The summed E-state index contributed by atoms with van der Waals surface area (Å²) in [6, 6.07) is 15.6. The highest BCUT2D eigenvalue weighted by atomic mass is 31.2. The third-order valence-corrected chi connectivity index (χ3v) is 4.56. The molecule has 0 radical (unpaired) electrons. The van der Waals surface area contributed by atoms with Gasteiger partial charge in [-0.15, -0.1) is 0 Å². The van der Waals surface area contributed by atoms with Gasteiger partial charge in [-0.2, -0.15) is 4.67 Å². The molecule has 2 aromatic carbocycles. The van der Waals surface area contributed by atoms with Crippen molar-refractivity contribution in [3.63, 3.8) is 0 Å². The van der Waals surface area contributed by atoms with Crippen LogP contribution < -0.4 is 5.32 Å². The first-order chi connectivity index (χ1) is 10.9. The van der Waals surface area contributed by atoms with Gasteiger partial charge in [0.05, 0.1) is 0 Å². The number of carbonyl (C=O) groups excluding carboxylic acids is 2. The maximum atomic E-state index is 12.8. The molecule has 3 N–H and O–H groups in total. The smallest absolute Gasteiger partial charge is 0.315 e. The van der Waals surface area contributed by atoms with Crippen LogP contribution in [0.2, 0.25) is 0 Å². The lowest BCUT2D eigenvalue weighted by molar-refractivity contribution is -0.127. The second-order valence-corrected chi connectivity index (χ2v) is 6.47. The van der Waals surface area contributed by atoms with Gasteiger partial charge in [0.1, 0.15) is 0 Å². The van der Waals surface area contributed by atoms with Crippen LogP contribution in [0.1, 0.15) is 11.1 Å². The monoisotopic (exact) mass is 332 g/mol. The number of hydrogen-bond donors (Lipinski definition) is 3. The van der Waals surface area contributed by atoms with Crippen molar-refractivity contribution in [2.45, 2.75) is 5.54 Å². The lowest BCUT2D eigenvalue weighted by Crippen LogP contribution is -2.44. The fourth-order valence-corrected chi connectivity index (χ4v) is 3.36. The number of nitrogens with one attached hydrogen (secondary N) is 1. The maximum absolute atomic E-state index is 12.8. The van der Waals surface area contributed by atoms with E-state index in [0.29, 0.717) is 11.1 Å². The number of hydrogen-bond acceptors (Lipinski definition) is 3. The lowest BCUT2D eigenvalue weighted by atomic mass is 9.83. The number of rotatable bonds is 3. The van der Waals surface area contributed by atoms with Crippen molar-refractivity contribution < 1.29 is 23.9 Å². The van der Waals surface area contributed by atoms with E-state index < -0.39 is 25.2 Å². The van der Waals surface area contributed by atoms with Crippen molar-refractivity contribution in [1.29, 1.82) is 0 Å². The van der Waals surface area contributed by atoms with Gasteiger partial charge in [-0.3, -0.25) is 4.79 Å². The molecule has 0 atom stereocenters. The minimum absolute atomic E-state index is 0.0208. The highest BCUT2D eigenvalue weighted by Gasteiger charge is 2.58. The van der Waals surface area contributed by atoms with E-state index in [1.165, 1.54) is 0 Å². The van der Waals surface area contributed by atoms with E-state index in [2.05, 4.69) is 5.32 Å². The molecule has 23 heavy (non-hydrogen) atoms. The van der Waals surface area contributed by atoms with Crippen LogP contribution in [0.3, 0.4) is 0 Å². The van der Waals surface area contributed by atoms with Gasteiger partial charge in [0, 0.05) is 0 Å². The second-order valence-electron chi connectivity index (χ2n) is 5.04. The largest absolute Gasteiger partial charge is 0.440 e. The minimum Gasteiger partial charge on any atom is -0.315 e. The van der Waals surface area contributed by atoms with Crippen molar-refractivity contribution in [2.75, 3.05) is 0 Å². The number of benzene rings is 2. The zero-order valence-corrected chi connectivity index (χ0v) is 12.7. The molecular formula is C15H13N2O5P. The van der Waals surface area contributed by atoms with Gasteiger partial charge in [0.2, 0.25) is 0 Å². The Bertz CT molecular complexity index is 764. The first-order valence-corrected chi connectivity index (χ1v) is 8.27. The van der Waals surface area contributed by atoms with E-state index in [1.807, 2.05) is 0 Å². The Kier molecular flexibility index (Phi) is 3.56. The van der Waals surface area contributed by atoms with Gasteiger partial charge >= 0.3 is 13.8 Å². The normalized spacial score (nSPS) is 17.2. The van der Waals surface area contributed by atoms with E-state index >= 15 is 0 Å². The standard InChI is InChI=1S/C15H13N2O5P/c18-13-15(11-7-3-1-4-8-11,12-9-5-2-6-10-12)16-14(19)17(13)23(20,21)22/h1-10H,(H,16,19)(H2,20,21,22). The zero-order chi connectivity index (χ0) is 16.7. The minimum atomic E-state index is -5.07. The predicted molar refractivity (Wildman–Crippen MR) is 81.1 cm³/mol. The van der Waals surface area contributed by atoms with Crippen LogP contribution in [0.4, 0.5) is 4.79 Å². The Labute approximate surface area is 131 Å². The fraction of sp³-hybridized carbons (Fsp3) is 0.0667. The molecule has 3 rings (SSSR count). The van der Waals surface area contributed by atoms with Crippen LogP contribution in [0.15, 0.2) is 60.7 Å². The van der Waals surface area contributed by atoms with Crippen LogP contribution in [0, 0.1) is 0 Å². The Balaban J connectivity index is 2.26. The average molecular weight is 332 g/mol. The summed E-state index contributed by atoms with van der Waals surface area (Å²) in [6.07, 6.45) is 0. The first-order valence-electron chi connectivity index (χ1n) is 6.71. The van der Waals surface area contributed by atoms with Gasteiger partial charge in [-0.25, -0.2) is 9.36 Å². The number of urea groups is 1. The van der Waals surface area contributed by atoms with E-state index in [9.17, 15) is 23.9 Å². The predicted octanol–water partition coefficient (Wildman–Crippen LogP) is 1.57. The summed E-state index contributed by atoms with van der Waals surface area (Å²) >= 11 is 0. The molecule has 0 spiro atoms. The van der Waals surface area contributed by atoms with Crippen LogP contribution in [-0.4, -0.2) is 26.4 Å². The van der Waals surface area contributed by atoms with Crippen LogP contribution in [-0.2, 0) is 14.9 Å². The number of imide groups is 1. The maximum Gasteiger partial charge on any atom is 0.440 e. The van der Waals surface area contributed by atoms with Crippen molar-refractivity contribution in [2.24, 2.45) is 0 Å². The molecule has 7 nitrogen and oxygen atoms in total. The van der Waals surface area contributed by atoms with Crippen molar-refractivity contribution in [3.05, 3.63) is 71.8 Å². The average Bonchev–Trinajstić information content (AvgIpc) is 2.81. The number of nitrogens with zero attached hydrogens (tertiary/aromatic N) is 1. The molecule has 2 aromatic rings. The fourth-order valence-electron chi connectivity index (χ4n) is 2.69. The summed E-state index contributed by atoms with van der Waals surface area (Å²) < 4.78 is 11.5. The van der Waals surface area contributed by atoms with Crippen LogP contribution in [0.25, 0.3) is 0 Å². The highest BCUT2D eigenvalue weighted by Crippen LogP contribution is 2.48. The highest BCUT2D eigenvalue weighted by molar-refractivity contribution is 7.50. The Hall–Kier alpha value is -2.47. The van der Waals surface area contributed by atoms with Crippen molar-refractivity contribution in [3.8, 4) is 0 Å². The summed E-state index contributed by atoms with van der Waals surface area (Å²) in [4.78, 5) is 43.6. The van der Waals surface area contributed by atoms with Crippen molar-refractivity contribution >= 4 is 19.7 Å². The van der Waals surface area contributed by atoms with Crippen LogP contribution in [0.5, 0.6) is 0 Å². The molecule has 118 valence electrons. The SMILES string of the molecule is O=C1NC(c2ccccc2)(c2ccccc2)C(=O)N1P(=O)(O)O.